The number of halogens is 3. The lowest BCUT2D eigenvalue weighted by atomic mass is 9.98. The Morgan fingerprint density at radius 3 is 2.65 bits per heavy atom. The van der Waals surface area contributed by atoms with Crippen molar-refractivity contribution in [2.45, 2.75) is 11.8 Å². The van der Waals surface area contributed by atoms with Crippen LogP contribution in [0.1, 0.15) is 17.4 Å². The van der Waals surface area contributed by atoms with E-state index in [0.717, 1.165) is 0 Å². The van der Waals surface area contributed by atoms with Crippen LogP contribution in [0, 0.1) is 11.7 Å². The molecule has 0 radical (unpaired) electrons. The van der Waals surface area contributed by atoms with Crippen LogP contribution < -0.4 is 0 Å². The quantitative estimate of drug-likeness (QED) is 0.786. The van der Waals surface area contributed by atoms with Crippen LogP contribution >= 0.6 is 23.2 Å². The highest BCUT2D eigenvalue weighted by Crippen LogP contribution is 2.37. The molecule has 1 aliphatic heterocycles. The van der Waals surface area contributed by atoms with E-state index in [0.29, 0.717) is 17.0 Å². The Hall–Kier alpha value is -0.320. The Bertz CT molecular complexity index is 530. The van der Waals surface area contributed by atoms with E-state index in [1.807, 2.05) is 0 Å². The van der Waals surface area contributed by atoms with Crippen molar-refractivity contribution in [3.05, 3.63) is 34.6 Å². The van der Waals surface area contributed by atoms with E-state index < -0.39 is 21.0 Å². The molecule has 94 valence electrons. The first-order chi connectivity index (χ1) is 7.89. The largest absolute Gasteiger partial charge is 0.229 e. The summed E-state index contributed by atoms with van der Waals surface area (Å²) in [6.07, 6.45) is 0.485. The SMILES string of the molecule is O=S1(=O)CCC(C(Cl)c2ccc(Cl)cc2F)C1. The van der Waals surface area contributed by atoms with Gasteiger partial charge in [0, 0.05) is 10.6 Å². The Kier molecular flexibility index (Phi) is 3.66. The monoisotopic (exact) mass is 296 g/mol. The molecule has 1 aromatic carbocycles. The van der Waals surface area contributed by atoms with Crippen molar-refractivity contribution < 1.29 is 12.8 Å². The minimum atomic E-state index is -3.00. The Morgan fingerprint density at radius 2 is 2.12 bits per heavy atom. The average molecular weight is 297 g/mol. The maximum atomic E-state index is 13.6. The van der Waals surface area contributed by atoms with E-state index in [9.17, 15) is 12.8 Å². The zero-order valence-corrected chi connectivity index (χ0v) is 11.2. The number of sulfone groups is 1. The summed E-state index contributed by atoms with van der Waals surface area (Å²) in [6.45, 7) is 0. The standard InChI is InChI=1S/C11H11Cl2FO2S/c12-8-1-2-9(10(14)5-8)11(13)7-3-4-17(15,16)6-7/h1-2,5,7,11H,3-4,6H2. The van der Waals surface area contributed by atoms with Crippen molar-refractivity contribution in [2.24, 2.45) is 5.92 Å². The van der Waals surface area contributed by atoms with Gasteiger partial charge in [-0.25, -0.2) is 12.8 Å². The number of hydrogen-bond donors (Lipinski definition) is 0. The molecule has 6 heteroatoms. The summed E-state index contributed by atoms with van der Waals surface area (Å²) in [4.78, 5) is 0. The molecule has 2 rings (SSSR count). The molecule has 1 aromatic rings. The topological polar surface area (TPSA) is 34.1 Å². The summed E-state index contributed by atoms with van der Waals surface area (Å²) in [6, 6.07) is 4.26. The van der Waals surface area contributed by atoms with Gasteiger partial charge in [0.05, 0.1) is 16.9 Å². The van der Waals surface area contributed by atoms with E-state index in [1.54, 1.807) is 6.07 Å². The summed E-state index contributed by atoms with van der Waals surface area (Å²) in [5.74, 6) is -0.543. The molecule has 2 atom stereocenters. The molecule has 0 saturated carbocycles. The first-order valence-electron chi connectivity index (χ1n) is 5.18. The fourth-order valence-corrected chi connectivity index (χ4v) is 4.53. The first kappa shape index (κ1) is 13.1. The number of alkyl halides is 1. The molecule has 2 nitrogen and oxygen atoms in total. The number of rotatable bonds is 2. The molecule has 1 saturated heterocycles. The summed E-state index contributed by atoms with van der Waals surface area (Å²) >= 11 is 11.8. The molecule has 0 aliphatic carbocycles. The van der Waals surface area contributed by atoms with E-state index in [4.69, 9.17) is 23.2 Å². The predicted molar refractivity (Wildman–Crippen MR) is 66.8 cm³/mol. The lowest BCUT2D eigenvalue weighted by Crippen LogP contribution is -2.11. The molecule has 0 spiro atoms. The van der Waals surface area contributed by atoms with Crippen LogP contribution in [0.25, 0.3) is 0 Å². The smallest absolute Gasteiger partial charge is 0.150 e. The van der Waals surface area contributed by atoms with Gasteiger partial charge in [-0.3, -0.25) is 0 Å². The van der Waals surface area contributed by atoms with Gasteiger partial charge in [-0.1, -0.05) is 17.7 Å². The molecule has 0 N–H and O–H groups in total. The summed E-state index contributed by atoms with van der Waals surface area (Å²) in [7, 11) is -3.00. The predicted octanol–water partition coefficient (Wildman–Crippen LogP) is 3.19. The fraction of sp³-hybridized carbons (Fsp3) is 0.455. The van der Waals surface area contributed by atoms with Gasteiger partial charge < -0.3 is 0 Å². The lowest BCUT2D eigenvalue weighted by molar-refractivity contribution is 0.536. The maximum absolute atomic E-state index is 13.6. The van der Waals surface area contributed by atoms with Crippen LogP contribution in [0.15, 0.2) is 18.2 Å². The Morgan fingerprint density at radius 1 is 1.41 bits per heavy atom. The fourth-order valence-electron chi connectivity index (χ4n) is 2.03. The molecule has 0 bridgehead atoms. The third kappa shape index (κ3) is 2.92. The molecule has 0 aromatic heterocycles. The number of benzene rings is 1. The van der Waals surface area contributed by atoms with Crippen LogP contribution in [0.4, 0.5) is 4.39 Å². The van der Waals surface area contributed by atoms with Crippen molar-refractivity contribution in [2.75, 3.05) is 11.5 Å². The van der Waals surface area contributed by atoms with Gasteiger partial charge in [-0.15, -0.1) is 11.6 Å². The van der Waals surface area contributed by atoms with Gasteiger partial charge in [0.1, 0.15) is 5.82 Å². The number of hydrogen-bond acceptors (Lipinski definition) is 2. The zero-order chi connectivity index (χ0) is 12.6. The zero-order valence-electron chi connectivity index (χ0n) is 8.87. The molecule has 1 aliphatic rings. The van der Waals surface area contributed by atoms with Crippen LogP contribution in [0.3, 0.4) is 0 Å². The molecule has 17 heavy (non-hydrogen) atoms. The molecule has 2 unspecified atom stereocenters. The van der Waals surface area contributed by atoms with E-state index in [-0.39, 0.29) is 17.4 Å². The van der Waals surface area contributed by atoms with Crippen LogP contribution in [0.2, 0.25) is 5.02 Å². The molecular formula is C11H11Cl2FO2S. The van der Waals surface area contributed by atoms with Crippen LogP contribution in [-0.4, -0.2) is 19.9 Å². The van der Waals surface area contributed by atoms with E-state index >= 15 is 0 Å². The highest BCUT2D eigenvalue weighted by molar-refractivity contribution is 7.91. The van der Waals surface area contributed by atoms with Crippen molar-refractivity contribution in [1.29, 1.82) is 0 Å². The molecule has 1 fully saturated rings. The van der Waals surface area contributed by atoms with Gasteiger partial charge in [0.2, 0.25) is 0 Å². The maximum Gasteiger partial charge on any atom is 0.150 e. The first-order valence-corrected chi connectivity index (χ1v) is 7.82. The van der Waals surface area contributed by atoms with E-state index in [2.05, 4.69) is 0 Å². The minimum absolute atomic E-state index is 0.0310. The third-order valence-electron chi connectivity index (χ3n) is 2.94. The third-order valence-corrected chi connectivity index (χ3v) is 5.56. The van der Waals surface area contributed by atoms with Gasteiger partial charge >= 0.3 is 0 Å². The van der Waals surface area contributed by atoms with E-state index in [1.165, 1.54) is 12.1 Å². The second kappa shape index (κ2) is 4.75. The van der Waals surface area contributed by atoms with Gasteiger partial charge in [-0.2, -0.15) is 0 Å². The summed E-state index contributed by atoms with van der Waals surface area (Å²) < 4.78 is 36.3. The molecular weight excluding hydrogens is 286 g/mol. The highest BCUT2D eigenvalue weighted by Gasteiger charge is 2.34. The average Bonchev–Trinajstić information content (AvgIpc) is 2.58. The molecule has 0 amide bonds. The summed E-state index contributed by atoms with van der Waals surface area (Å²) in [5, 5.41) is -0.321. The summed E-state index contributed by atoms with van der Waals surface area (Å²) in [5.41, 5.74) is 0.318. The van der Waals surface area contributed by atoms with Crippen molar-refractivity contribution in [1.82, 2.24) is 0 Å². The molecule has 1 heterocycles. The second-order valence-electron chi connectivity index (χ2n) is 4.23. The van der Waals surface area contributed by atoms with Crippen LogP contribution in [0.5, 0.6) is 0 Å². The Balaban J connectivity index is 2.23. The second-order valence-corrected chi connectivity index (χ2v) is 7.37. The Labute approximate surface area is 110 Å². The normalized spacial score (nSPS) is 24.8. The minimum Gasteiger partial charge on any atom is -0.229 e. The van der Waals surface area contributed by atoms with Gasteiger partial charge in [-0.05, 0) is 24.5 Å². The van der Waals surface area contributed by atoms with Crippen molar-refractivity contribution in [3.63, 3.8) is 0 Å². The lowest BCUT2D eigenvalue weighted by Gasteiger charge is -2.16. The van der Waals surface area contributed by atoms with Crippen molar-refractivity contribution in [3.8, 4) is 0 Å². The van der Waals surface area contributed by atoms with Gasteiger partial charge in [0.15, 0.2) is 9.84 Å². The highest BCUT2D eigenvalue weighted by atomic mass is 35.5. The van der Waals surface area contributed by atoms with Crippen molar-refractivity contribution >= 4 is 33.0 Å². The van der Waals surface area contributed by atoms with Gasteiger partial charge in [0.25, 0.3) is 0 Å². The van der Waals surface area contributed by atoms with Crippen LogP contribution in [-0.2, 0) is 9.84 Å².